The standard InChI is InChI=1S/C10H9N3O3/c1-16-10(15)9(6-11)13-12-7-2-4-8(14)5-3-7/h2-5,12,14H,1H3/b13-9+. The number of methoxy groups -OCH3 is 1. The van der Waals surface area contributed by atoms with Gasteiger partial charge in [0, 0.05) is 0 Å². The number of nitrogens with one attached hydrogen (secondary N) is 1. The van der Waals surface area contributed by atoms with Crippen LogP contribution in [0.25, 0.3) is 0 Å². The molecule has 1 rings (SSSR count). The van der Waals surface area contributed by atoms with Crippen LogP contribution in [0.4, 0.5) is 5.69 Å². The van der Waals surface area contributed by atoms with E-state index < -0.39 is 5.97 Å². The van der Waals surface area contributed by atoms with Gasteiger partial charge in [0.25, 0.3) is 0 Å². The number of hydrogen-bond acceptors (Lipinski definition) is 6. The zero-order chi connectivity index (χ0) is 12.0. The highest BCUT2D eigenvalue weighted by atomic mass is 16.5. The van der Waals surface area contributed by atoms with E-state index in [4.69, 9.17) is 10.4 Å². The Bertz CT molecular complexity index is 445. The van der Waals surface area contributed by atoms with Gasteiger partial charge in [-0.25, -0.2) is 4.79 Å². The van der Waals surface area contributed by atoms with Gasteiger partial charge in [-0.1, -0.05) is 0 Å². The summed E-state index contributed by atoms with van der Waals surface area (Å²) in [6.07, 6.45) is 0. The van der Waals surface area contributed by atoms with Crippen LogP contribution in [0.2, 0.25) is 0 Å². The Labute approximate surface area is 91.8 Å². The second kappa shape index (κ2) is 5.36. The number of nitrogens with zero attached hydrogens (tertiary/aromatic N) is 2. The number of phenolic OH excluding ortho intramolecular Hbond substituents is 1. The number of hydrazone groups is 1. The number of ether oxygens (including phenoxy) is 1. The third-order valence-electron chi connectivity index (χ3n) is 1.65. The number of carbonyl (C=O) groups is 1. The van der Waals surface area contributed by atoms with Crippen molar-refractivity contribution < 1.29 is 14.6 Å². The molecular weight excluding hydrogens is 210 g/mol. The number of benzene rings is 1. The first-order valence-corrected chi connectivity index (χ1v) is 4.28. The number of rotatable bonds is 3. The minimum atomic E-state index is -0.811. The lowest BCUT2D eigenvalue weighted by molar-refractivity contribution is -0.132. The topological polar surface area (TPSA) is 94.7 Å². The van der Waals surface area contributed by atoms with E-state index >= 15 is 0 Å². The van der Waals surface area contributed by atoms with Gasteiger partial charge in [-0.3, -0.25) is 5.43 Å². The number of nitriles is 1. The van der Waals surface area contributed by atoms with Crippen molar-refractivity contribution in [3.05, 3.63) is 24.3 Å². The minimum Gasteiger partial charge on any atom is -0.508 e. The number of carbonyl (C=O) groups excluding carboxylic acids is 1. The molecule has 0 aromatic heterocycles. The Morgan fingerprint density at radius 1 is 1.50 bits per heavy atom. The molecule has 0 aliphatic carbocycles. The Hall–Kier alpha value is -2.55. The molecular formula is C10H9N3O3. The van der Waals surface area contributed by atoms with Gasteiger partial charge in [-0.2, -0.15) is 10.4 Å². The molecule has 0 unspecified atom stereocenters. The number of aromatic hydroxyl groups is 1. The largest absolute Gasteiger partial charge is 0.508 e. The highest BCUT2D eigenvalue weighted by Crippen LogP contribution is 2.13. The highest BCUT2D eigenvalue weighted by Gasteiger charge is 2.10. The van der Waals surface area contributed by atoms with Crippen molar-refractivity contribution in [2.24, 2.45) is 5.10 Å². The van der Waals surface area contributed by atoms with E-state index in [1.807, 2.05) is 0 Å². The van der Waals surface area contributed by atoms with Crippen LogP contribution in [0.15, 0.2) is 29.4 Å². The maximum atomic E-state index is 11.0. The van der Waals surface area contributed by atoms with Gasteiger partial charge in [0.1, 0.15) is 11.8 Å². The first-order chi connectivity index (χ1) is 7.67. The van der Waals surface area contributed by atoms with Gasteiger partial charge in [0.05, 0.1) is 12.8 Å². The molecule has 0 spiro atoms. The van der Waals surface area contributed by atoms with Crippen LogP contribution in [-0.4, -0.2) is 23.9 Å². The maximum Gasteiger partial charge on any atom is 0.369 e. The summed E-state index contributed by atoms with van der Waals surface area (Å²) in [5.41, 5.74) is 2.65. The van der Waals surface area contributed by atoms with E-state index in [1.54, 1.807) is 18.2 Å². The van der Waals surface area contributed by atoms with Crippen molar-refractivity contribution in [1.82, 2.24) is 0 Å². The normalized spacial score (nSPS) is 10.4. The van der Waals surface area contributed by atoms with Crippen molar-refractivity contribution in [1.29, 1.82) is 5.26 Å². The molecule has 0 saturated heterocycles. The van der Waals surface area contributed by atoms with Crippen LogP contribution < -0.4 is 5.43 Å². The zero-order valence-electron chi connectivity index (χ0n) is 8.47. The third kappa shape index (κ3) is 2.99. The van der Waals surface area contributed by atoms with Gasteiger partial charge >= 0.3 is 5.97 Å². The lowest BCUT2D eigenvalue weighted by Crippen LogP contribution is -2.15. The fraction of sp³-hybridized carbons (Fsp3) is 0.100. The first kappa shape index (κ1) is 11.5. The predicted molar refractivity (Wildman–Crippen MR) is 56.8 cm³/mol. The summed E-state index contributed by atoms with van der Waals surface area (Å²) in [7, 11) is 1.16. The third-order valence-corrected chi connectivity index (χ3v) is 1.65. The molecule has 2 N–H and O–H groups in total. The quantitative estimate of drug-likeness (QED) is 0.340. The van der Waals surface area contributed by atoms with Crippen LogP contribution in [0.5, 0.6) is 5.75 Å². The van der Waals surface area contributed by atoms with Crippen LogP contribution in [-0.2, 0) is 9.53 Å². The molecule has 0 amide bonds. The highest BCUT2D eigenvalue weighted by molar-refractivity contribution is 6.43. The van der Waals surface area contributed by atoms with Crippen molar-refractivity contribution in [3.63, 3.8) is 0 Å². The van der Waals surface area contributed by atoms with Crippen LogP contribution in [0, 0.1) is 11.3 Å². The molecule has 0 radical (unpaired) electrons. The Morgan fingerprint density at radius 2 is 2.12 bits per heavy atom. The van der Waals surface area contributed by atoms with Crippen molar-refractivity contribution in [2.45, 2.75) is 0 Å². The Morgan fingerprint density at radius 3 is 2.62 bits per heavy atom. The molecule has 6 heteroatoms. The SMILES string of the molecule is COC(=O)/C(C#N)=N/Nc1ccc(O)cc1. The lowest BCUT2D eigenvalue weighted by atomic mass is 10.3. The van der Waals surface area contributed by atoms with Gasteiger partial charge in [0.15, 0.2) is 0 Å². The lowest BCUT2D eigenvalue weighted by Gasteiger charge is -2.00. The fourth-order valence-electron chi connectivity index (χ4n) is 0.869. The molecule has 0 atom stereocenters. The van der Waals surface area contributed by atoms with Crippen molar-refractivity contribution >= 4 is 17.4 Å². The summed E-state index contributed by atoms with van der Waals surface area (Å²) < 4.78 is 4.34. The fourth-order valence-corrected chi connectivity index (χ4v) is 0.869. The Balaban J connectivity index is 2.75. The van der Waals surface area contributed by atoms with E-state index in [9.17, 15) is 4.79 Å². The number of esters is 1. The molecule has 0 aliphatic rings. The number of anilines is 1. The Kier molecular flexibility index (Phi) is 3.86. The molecule has 82 valence electrons. The molecule has 16 heavy (non-hydrogen) atoms. The van der Waals surface area contributed by atoms with Crippen molar-refractivity contribution in [3.8, 4) is 11.8 Å². The number of phenols is 1. The molecule has 0 heterocycles. The van der Waals surface area contributed by atoms with Gasteiger partial charge in [0.2, 0.25) is 5.71 Å². The summed E-state index contributed by atoms with van der Waals surface area (Å²) in [4.78, 5) is 11.0. The van der Waals surface area contributed by atoms with Crippen LogP contribution in [0.1, 0.15) is 0 Å². The van der Waals surface area contributed by atoms with E-state index in [2.05, 4.69) is 15.3 Å². The molecule has 6 nitrogen and oxygen atoms in total. The summed E-state index contributed by atoms with van der Waals surface area (Å²) >= 11 is 0. The summed E-state index contributed by atoms with van der Waals surface area (Å²) in [5, 5.41) is 21.2. The summed E-state index contributed by atoms with van der Waals surface area (Å²) in [6, 6.07) is 7.58. The zero-order valence-corrected chi connectivity index (χ0v) is 8.47. The maximum absolute atomic E-state index is 11.0. The van der Waals surface area contributed by atoms with E-state index in [-0.39, 0.29) is 11.5 Å². The molecule has 0 bridgehead atoms. The molecule has 0 fully saturated rings. The van der Waals surface area contributed by atoms with E-state index in [0.29, 0.717) is 5.69 Å². The average Bonchev–Trinajstić information content (AvgIpc) is 2.31. The molecule has 1 aromatic carbocycles. The second-order valence-corrected chi connectivity index (χ2v) is 2.72. The summed E-state index contributed by atoms with van der Waals surface area (Å²) in [5.74, 6) is -0.697. The monoisotopic (exact) mass is 219 g/mol. The van der Waals surface area contributed by atoms with Crippen LogP contribution >= 0.6 is 0 Å². The summed E-state index contributed by atoms with van der Waals surface area (Å²) in [6.45, 7) is 0. The van der Waals surface area contributed by atoms with Crippen LogP contribution in [0.3, 0.4) is 0 Å². The van der Waals surface area contributed by atoms with Gasteiger partial charge < -0.3 is 9.84 Å². The van der Waals surface area contributed by atoms with Gasteiger partial charge in [-0.15, -0.1) is 0 Å². The molecule has 1 aromatic rings. The first-order valence-electron chi connectivity index (χ1n) is 4.28. The predicted octanol–water partition coefficient (Wildman–Crippen LogP) is 0.857. The van der Waals surface area contributed by atoms with Gasteiger partial charge in [-0.05, 0) is 24.3 Å². The molecule has 0 aliphatic heterocycles. The average molecular weight is 219 g/mol. The minimum absolute atomic E-state index is 0.114. The van der Waals surface area contributed by atoms with E-state index in [1.165, 1.54) is 12.1 Å². The second-order valence-electron chi connectivity index (χ2n) is 2.72. The number of hydrogen-bond donors (Lipinski definition) is 2. The molecule has 0 saturated carbocycles. The van der Waals surface area contributed by atoms with Crippen molar-refractivity contribution in [2.75, 3.05) is 12.5 Å². The smallest absolute Gasteiger partial charge is 0.369 e. The van der Waals surface area contributed by atoms with E-state index in [0.717, 1.165) is 7.11 Å².